The van der Waals surface area contributed by atoms with Gasteiger partial charge in [0.1, 0.15) is 17.2 Å². The fraction of sp³-hybridized carbons (Fsp3) is 0.0952. The van der Waals surface area contributed by atoms with Gasteiger partial charge < -0.3 is 4.52 Å². The molecule has 6 nitrogen and oxygen atoms in total. The van der Waals surface area contributed by atoms with Crippen molar-refractivity contribution in [1.29, 1.82) is 0 Å². The lowest BCUT2D eigenvalue weighted by atomic mass is 10.1. The Hall–Kier alpha value is -3.74. The Morgan fingerprint density at radius 1 is 1.18 bits per heavy atom. The average Bonchev–Trinajstić information content (AvgIpc) is 3.38. The Kier molecular flexibility index (Phi) is 4.72. The van der Waals surface area contributed by atoms with E-state index >= 15 is 0 Å². The smallest absolute Gasteiger partial charge is 0.261 e. The van der Waals surface area contributed by atoms with Crippen molar-refractivity contribution < 1.29 is 13.7 Å². The number of halogens is 1. The minimum absolute atomic E-state index is 0.221. The van der Waals surface area contributed by atoms with Gasteiger partial charge in [0.15, 0.2) is 0 Å². The van der Waals surface area contributed by atoms with Crippen LogP contribution in [0.25, 0.3) is 16.9 Å². The molecular weight excluding hydrogens is 359 g/mol. The molecule has 2 aromatic carbocycles. The molecule has 0 aliphatic heterocycles. The Balaban J connectivity index is 1.49. The number of aromatic nitrogens is 3. The van der Waals surface area contributed by atoms with Gasteiger partial charge in [-0.05, 0) is 24.1 Å². The zero-order valence-electron chi connectivity index (χ0n) is 15.1. The number of aryl methyl sites for hydroxylation is 1. The molecule has 2 heterocycles. The average molecular weight is 376 g/mol. The molecule has 140 valence electrons. The molecule has 0 bridgehead atoms. The number of amides is 1. The van der Waals surface area contributed by atoms with E-state index < -0.39 is 11.7 Å². The second-order valence-corrected chi connectivity index (χ2v) is 6.21. The van der Waals surface area contributed by atoms with Crippen molar-refractivity contribution in [2.24, 2.45) is 0 Å². The van der Waals surface area contributed by atoms with Crippen LogP contribution in [0.1, 0.15) is 22.8 Å². The quantitative estimate of drug-likeness (QED) is 0.557. The lowest BCUT2D eigenvalue weighted by molar-refractivity contribution is 0.102. The highest BCUT2D eigenvalue weighted by Crippen LogP contribution is 2.23. The van der Waals surface area contributed by atoms with E-state index in [-0.39, 0.29) is 17.1 Å². The van der Waals surface area contributed by atoms with Crippen molar-refractivity contribution in [3.63, 3.8) is 0 Å². The number of carbonyl (C=O) groups is 1. The van der Waals surface area contributed by atoms with Gasteiger partial charge in [-0.2, -0.15) is 5.10 Å². The van der Waals surface area contributed by atoms with Crippen LogP contribution in [0.5, 0.6) is 0 Å². The predicted molar refractivity (Wildman–Crippen MR) is 103 cm³/mol. The van der Waals surface area contributed by atoms with Crippen LogP contribution in [0, 0.1) is 5.82 Å². The third-order valence-corrected chi connectivity index (χ3v) is 4.35. The van der Waals surface area contributed by atoms with Crippen LogP contribution in [-0.2, 0) is 6.42 Å². The van der Waals surface area contributed by atoms with Crippen molar-refractivity contribution in [3.05, 3.63) is 83.9 Å². The summed E-state index contributed by atoms with van der Waals surface area (Å²) in [5, 5.41) is 10.7. The Bertz CT molecular complexity index is 1120. The molecule has 0 fully saturated rings. The highest BCUT2D eigenvalue weighted by atomic mass is 19.1. The largest absolute Gasteiger partial charge is 0.338 e. The molecule has 4 aromatic rings. The molecule has 0 aliphatic carbocycles. The van der Waals surface area contributed by atoms with E-state index in [4.69, 9.17) is 4.52 Å². The number of carbonyl (C=O) groups excluding carboxylic acids is 1. The van der Waals surface area contributed by atoms with E-state index in [0.717, 1.165) is 12.0 Å². The molecule has 7 heteroatoms. The van der Waals surface area contributed by atoms with Crippen molar-refractivity contribution in [3.8, 4) is 16.9 Å². The summed E-state index contributed by atoms with van der Waals surface area (Å²) < 4.78 is 20.4. The third kappa shape index (κ3) is 3.55. The van der Waals surface area contributed by atoms with Gasteiger partial charge in [0, 0.05) is 17.8 Å². The number of nitrogens with one attached hydrogen (secondary N) is 1. The van der Waals surface area contributed by atoms with Crippen molar-refractivity contribution in [2.75, 3.05) is 5.32 Å². The van der Waals surface area contributed by atoms with Gasteiger partial charge in [0.2, 0.25) is 5.88 Å². The molecule has 0 unspecified atom stereocenters. The van der Waals surface area contributed by atoms with E-state index in [1.165, 1.54) is 28.7 Å². The number of anilines is 1. The van der Waals surface area contributed by atoms with Crippen LogP contribution < -0.4 is 5.32 Å². The lowest BCUT2D eigenvalue weighted by Crippen LogP contribution is -2.10. The van der Waals surface area contributed by atoms with E-state index in [2.05, 4.69) is 22.5 Å². The van der Waals surface area contributed by atoms with Gasteiger partial charge in [-0.25, -0.2) is 9.07 Å². The molecule has 0 spiro atoms. The lowest BCUT2D eigenvalue weighted by Gasteiger charge is -2.01. The van der Waals surface area contributed by atoms with Crippen molar-refractivity contribution in [1.82, 2.24) is 14.9 Å². The van der Waals surface area contributed by atoms with Crippen LogP contribution >= 0.6 is 0 Å². The van der Waals surface area contributed by atoms with Crippen LogP contribution in [-0.4, -0.2) is 20.8 Å². The minimum Gasteiger partial charge on any atom is -0.338 e. The molecule has 0 radical (unpaired) electrons. The summed E-state index contributed by atoms with van der Waals surface area (Å²) in [5.41, 5.74) is 3.29. The minimum atomic E-state index is -0.425. The fourth-order valence-corrected chi connectivity index (χ4v) is 2.77. The van der Waals surface area contributed by atoms with Crippen molar-refractivity contribution >= 4 is 11.8 Å². The van der Waals surface area contributed by atoms with Gasteiger partial charge in [0.25, 0.3) is 5.91 Å². The second-order valence-electron chi connectivity index (χ2n) is 6.21. The maximum absolute atomic E-state index is 13.9. The predicted octanol–water partition coefficient (Wildman–Crippen LogP) is 4.48. The maximum atomic E-state index is 13.9. The first-order valence-electron chi connectivity index (χ1n) is 8.81. The first-order valence-corrected chi connectivity index (χ1v) is 8.81. The highest BCUT2D eigenvalue weighted by molar-refractivity contribution is 6.03. The zero-order chi connectivity index (χ0) is 19.5. The number of nitrogens with zero attached hydrogens (tertiary/aromatic N) is 3. The molecular formula is C21H17FN4O2. The number of hydrogen-bond acceptors (Lipinski definition) is 4. The molecule has 4 rings (SSSR count). The Morgan fingerprint density at radius 2 is 1.96 bits per heavy atom. The maximum Gasteiger partial charge on any atom is 0.261 e. The topological polar surface area (TPSA) is 73.0 Å². The summed E-state index contributed by atoms with van der Waals surface area (Å²) in [6.45, 7) is 2.09. The third-order valence-electron chi connectivity index (χ3n) is 4.35. The summed E-state index contributed by atoms with van der Waals surface area (Å²) in [6.07, 6.45) is 3.78. The van der Waals surface area contributed by atoms with E-state index in [0.29, 0.717) is 5.69 Å². The first-order chi connectivity index (χ1) is 13.6. The van der Waals surface area contributed by atoms with Crippen LogP contribution in [0.2, 0.25) is 0 Å². The summed E-state index contributed by atoms with van der Waals surface area (Å²) >= 11 is 0. The summed E-state index contributed by atoms with van der Waals surface area (Å²) in [7, 11) is 0. The standard InChI is InChI=1S/C21H17FN4O2/c1-2-14-7-9-15(10-8-14)18-11-20(28-25-18)24-21(27)16-12-23-26(13-16)19-6-4-3-5-17(19)22/h3-13H,2H2,1H3,(H,24,27). The molecule has 1 N–H and O–H groups in total. The summed E-state index contributed by atoms with van der Waals surface area (Å²) in [4.78, 5) is 12.4. The number of rotatable bonds is 5. The molecule has 28 heavy (non-hydrogen) atoms. The van der Waals surface area contributed by atoms with E-state index in [9.17, 15) is 9.18 Å². The first kappa shape index (κ1) is 17.7. The zero-order valence-corrected chi connectivity index (χ0v) is 15.1. The van der Waals surface area contributed by atoms with Crippen LogP contribution in [0.3, 0.4) is 0 Å². The second kappa shape index (κ2) is 7.48. The summed E-state index contributed by atoms with van der Waals surface area (Å²) in [5.74, 6) is -0.628. The monoisotopic (exact) mass is 376 g/mol. The van der Waals surface area contributed by atoms with Gasteiger partial charge in [-0.15, -0.1) is 0 Å². The fourth-order valence-electron chi connectivity index (χ4n) is 2.77. The molecule has 1 amide bonds. The molecule has 0 saturated carbocycles. The van der Waals surface area contributed by atoms with Crippen LogP contribution in [0.15, 0.2) is 71.5 Å². The molecule has 2 aromatic heterocycles. The van der Waals surface area contributed by atoms with Gasteiger partial charge >= 0.3 is 0 Å². The molecule has 0 aliphatic rings. The van der Waals surface area contributed by atoms with E-state index in [1.807, 2.05) is 24.3 Å². The molecule has 0 atom stereocenters. The van der Waals surface area contributed by atoms with Crippen molar-refractivity contribution in [2.45, 2.75) is 13.3 Å². The Labute approximate surface area is 160 Å². The van der Waals surface area contributed by atoms with Crippen LogP contribution in [0.4, 0.5) is 10.3 Å². The number of hydrogen-bond donors (Lipinski definition) is 1. The van der Waals surface area contributed by atoms with Gasteiger partial charge in [0.05, 0.1) is 11.8 Å². The SMILES string of the molecule is CCc1ccc(-c2cc(NC(=O)c3cnn(-c4ccccc4F)c3)on2)cc1. The summed E-state index contributed by atoms with van der Waals surface area (Å²) in [6, 6.07) is 15.8. The Morgan fingerprint density at radius 3 is 2.71 bits per heavy atom. The van der Waals surface area contributed by atoms with Gasteiger partial charge in [-0.3, -0.25) is 10.1 Å². The normalized spacial score (nSPS) is 10.8. The number of benzene rings is 2. The van der Waals surface area contributed by atoms with Gasteiger partial charge in [-0.1, -0.05) is 48.5 Å². The highest BCUT2D eigenvalue weighted by Gasteiger charge is 2.14. The molecule has 0 saturated heterocycles. The number of para-hydroxylation sites is 1. The van der Waals surface area contributed by atoms with E-state index in [1.54, 1.807) is 24.3 Å².